The zero-order valence-electron chi connectivity index (χ0n) is 12.6. The predicted octanol–water partition coefficient (Wildman–Crippen LogP) is 4.22. The van der Waals surface area contributed by atoms with E-state index in [-0.39, 0.29) is 10.0 Å². The first-order valence-electron chi connectivity index (χ1n) is 6.72. The number of sulfone groups is 1. The molecule has 0 heterocycles. The van der Waals surface area contributed by atoms with E-state index in [1.807, 2.05) is 0 Å². The molecule has 0 unspecified atom stereocenters. The Morgan fingerprint density at radius 3 is 2.38 bits per heavy atom. The number of aromatic hydroxyl groups is 2. The third-order valence-electron chi connectivity index (χ3n) is 3.23. The average molecular weight is 448 g/mol. The Bertz CT molecular complexity index is 1020. The van der Waals surface area contributed by atoms with Crippen molar-refractivity contribution < 1.29 is 31.8 Å². The van der Waals surface area contributed by atoms with E-state index in [0.29, 0.717) is 12.1 Å². The molecular formula is C16H9BrF3NO4S. The molecule has 5 nitrogen and oxygen atoms in total. The standard InChI is InChI=1S/C16H9BrF3NO4S/c17-13-5-9(6-14(22)15(13)23)4-12(8-21)26(24,25)11-3-1-2-10(7-11)16(18,19)20/h1-7,22-23H. The van der Waals surface area contributed by atoms with Crippen LogP contribution in [-0.2, 0) is 16.0 Å². The van der Waals surface area contributed by atoms with Gasteiger partial charge in [0, 0.05) is 0 Å². The van der Waals surface area contributed by atoms with Crippen LogP contribution in [0, 0.1) is 11.3 Å². The van der Waals surface area contributed by atoms with Crippen LogP contribution in [0.25, 0.3) is 6.08 Å². The van der Waals surface area contributed by atoms with Crippen molar-refractivity contribution in [1.29, 1.82) is 5.26 Å². The molecule has 26 heavy (non-hydrogen) atoms. The SMILES string of the molecule is N#CC(=Cc1cc(O)c(O)c(Br)c1)S(=O)(=O)c1cccc(C(F)(F)F)c1. The lowest BCUT2D eigenvalue weighted by atomic mass is 10.2. The Labute approximate surface area is 154 Å². The molecule has 2 aromatic carbocycles. The molecule has 2 rings (SSSR count). The van der Waals surface area contributed by atoms with Gasteiger partial charge in [0.2, 0.25) is 9.84 Å². The Kier molecular flexibility index (Phi) is 5.34. The lowest BCUT2D eigenvalue weighted by Crippen LogP contribution is -2.08. The van der Waals surface area contributed by atoms with Crippen LogP contribution in [0.5, 0.6) is 11.5 Å². The van der Waals surface area contributed by atoms with E-state index in [4.69, 9.17) is 5.26 Å². The highest BCUT2D eigenvalue weighted by Gasteiger charge is 2.32. The maximum atomic E-state index is 12.8. The van der Waals surface area contributed by atoms with E-state index in [1.54, 1.807) is 0 Å². The number of halogens is 4. The predicted molar refractivity (Wildman–Crippen MR) is 89.7 cm³/mol. The molecule has 0 aliphatic heterocycles. The number of phenols is 2. The molecule has 0 bridgehead atoms. The number of hydrogen-bond donors (Lipinski definition) is 2. The Hall–Kier alpha value is -2.51. The summed E-state index contributed by atoms with van der Waals surface area (Å²) < 4.78 is 63.4. The first-order valence-corrected chi connectivity index (χ1v) is 9.00. The number of rotatable bonds is 3. The van der Waals surface area contributed by atoms with Crippen molar-refractivity contribution >= 4 is 31.8 Å². The third kappa shape index (κ3) is 4.00. The first kappa shape index (κ1) is 19.8. The van der Waals surface area contributed by atoms with E-state index in [1.165, 1.54) is 12.1 Å². The summed E-state index contributed by atoms with van der Waals surface area (Å²) in [6.07, 6.45) is -3.87. The van der Waals surface area contributed by atoms with Gasteiger partial charge in [-0.1, -0.05) is 6.07 Å². The molecule has 0 aromatic heterocycles. The van der Waals surface area contributed by atoms with Crippen molar-refractivity contribution in [3.8, 4) is 17.6 Å². The van der Waals surface area contributed by atoms with Crippen LogP contribution >= 0.6 is 15.9 Å². The van der Waals surface area contributed by atoms with Gasteiger partial charge in [0.15, 0.2) is 11.5 Å². The van der Waals surface area contributed by atoms with Gasteiger partial charge in [0.1, 0.15) is 11.0 Å². The number of nitriles is 1. The van der Waals surface area contributed by atoms with E-state index >= 15 is 0 Å². The van der Waals surface area contributed by atoms with Gasteiger partial charge < -0.3 is 10.2 Å². The maximum absolute atomic E-state index is 12.8. The van der Waals surface area contributed by atoms with Gasteiger partial charge in [-0.15, -0.1) is 0 Å². The lowest BCUT2D eigenvalue weighted by Gasteiger charge is -2.09. The summed E-state index contributed by atoms with van der Waals surface area (Å²) in [6.45, 7) is 0. The number of allylic oxidation sites excluding steroid dienone is 1. The zero-order valence-corrected chi connectivity index (χ0v) is 15.0. The molecule has 0 aliphatic rings. The van der Waals surface area contributed by atoms with Gasteiger partial charge in [-0.3, -0.25) is 0 Å². The number of hydrogen-bond acceptors (Lipinski definition) is 5. The summed E-state index contributed by atoms with van der Waals surface area (Å²) in [5.41, 5.74) is -1.12. The second-order valence-corrected chi connectivity index (χ2v) is 7.79. The summed E-state index contributed by atoms with van der Waals surface area (Å²) in [7, 11) is -4.53. The minimum atomic E-state index is -4.74. The molecule has 0 saturated carbocycles. The zero-order chi connectivity index (χ0) is 19.7. The average Bonchev–Trinajstić information content (AvgIpc) is 2.56. The fraction of sp³-hybridized carbons (Fsp3) is 0.0625. The van der Waals surface area contributed by atoms with Crippen molar-refractivity contribution in [3.63, 3.8) is 0 Å². The second-order valence-electron chi connectivity index (χ2n) is 5.02. The fourth-order valence-corrected chi connectivity index (χ4v) is 3.65. The Balaban J connectivity index is 2.58. The lowest BCUT2D eigenvalue weighted by molar-refractivity contribution is -0.137. The maximum Gasteiger partial charge on any atom is 0.416 e. The number of nitrogens with zero attached hydrogens (tertiary/aromatic N) is 1. The van der Waals surface area contributed by atoms with Gasteiger partial charge in [-0.05, 0) is 57.9 Å². The summed E-state index contributed by atoms with van der Waals surface area (Å²) >= 11 is 2.94. The highest BCUT2D eigenvalue weighted by Crippen LogP contribution is 2.36. The van der Waals surface area contributed by atoms with Crippen LogP contribution in [0.3, 0.4) is 0 Å². The van der Waals surface area contributed by atoms with E-state index in [2.05, 4.69) is 15.9 Å². The number of benzene rings is 2. The monoisotopic (exact) mass is 447 g/mol. The van der Waals surface area contributed by atoms with E-state index in [0.717, 1.165) is 24.3 Å². The topological polar surface area (TPSA) is 98.4 Å². The summed E-state index contributed by atoms with van der Waals surface area (Å²) in [5, 5.41) is 28.2. The minimum absolute atomic E-state index is 0.0394. The largest absolute Gasteiger partial charge is 0.504 e. The van der Waals surface area contributed by atoms with E-state index in [9.17, 15) is 31.8 Å². The molecule has 2 N–H and O–H groups in total. The minimum Gasteiger partial charge on any atom is -0.504 e. The molecule has 2 aromatic rings. The van der Waals surface area contributed by atoms with Gasteiger partial charge in [-0.2, -0.15) is 18.4 Å². The van der Waals surface area contributed by atoms with Crippen LogP contribution in [0.4, 0.5) is 13.2 Å². The highest BCUT2D eigenvalue weighted by atomic mass is 79.9. The van der Waals surface area contributed by atoms with Crippen LogP contribution in [0.1, 0.15) is 11.1 Å². The number of phenolic OH excluding ortho intramolecular Hbond substituents is 2. The molecule has 136 valence electrons. The highest BCUT2D eigenvalue weighted by molar-refractivity contribution is 9.10. The van der Waals surface area contributed by atoms with Crippen molar-refractivity contribution in [2.75, 3.05) is 0 Å². The van der Waals surface area contributed by atoms with Crippen LogP contribution in [0.2, 0.25) is 0 Å². The summed E-state index contributed by atoms with van der Waals surface area (Å²) in [5.74, 6) is -1.05. The number of alkyl halides is 3. The third-order valence-corrected chi connectivity index (χ3v) is 5.50. The van der Waals surface area contributed by atoms with Crippen molar-refractivity contribution in [2.45, 2.75) is 11.1 Å². The molecule has 0 saturated heterocycles. The molecule has 0 atom stereocenters. The Morgan fingerprint density at radius 2 is 1.85 bits per heavy atom. The molecular weight excluding hydrogens is 439 g/mol. The van der Waals surface area contributed by atoms with Gasteiger partial charge in [0.25, 0.3) is 0 Å². The van der Waals surface area contributed by atoms with Crippen LogP contribution in [0.15, 0.2) is 50.7 Å². The second kappa shape index (κ2) is 7.01. The molecule has 10 heteroatoms. The fourth-order valence-electron chi connectivity index (χ4n) is 1.98. The van der Waals surface area contributed by atoms with Gasteiger partial charge >= 0.3 is 6.18 Å². The molecule has 0 radical (unpaired) electrons. The smallest absolute Gasteiger partial charge is 0.416 e. The van der Waals surface area contributed by atoms with Gasteiger partial charge in [0.05, 0.1) is 14.9 Å². The van der Waals surface area contributed by atoms with Crippen molar-refractivity contribution in [3.05, 3.63) is 56.9 Å². The summed E-state index contributed by atoms with van der Waals surface area (Å²) in [4.78, 5) is -1.52. The van der Waals surface area contributed by atoms with Gasteiger partial charge in [-0.25, -0.2) is 8.42 Å². The van der Waals surface area contributed by atoms with E-state index < -0.39 is 42.9 Å². The van der Waals surface area contributed by atoms with Crippen LogP contribution in [-0.4, -0.2) is 18.6 Å². The quantitative estimate of drug-likeness (QED) is 0.542. The molecule has 0 fully saturated rings. The normalized spacial score (nSPS) is 12.7. The van der Waals surface area contributed by atoms with Crippen molar-refractivity contribution in [2.24, 2.45) is 0 Å². The first-order chi connectivity index (χ1) is 12.0. The Morgan fingerprint density at radius 1 is 1.19 bits per heavy atom. The molecule has 0 amide bonds. The van der Waals surface area contributed by atoms with Crippen LogP contribution < -0.4 is 0 Å². The molecule has 0 aliphatic carbocycles. The molecule has 0 spiro atoms. The summed E-state index contributed by atoms with van der Waals surface area (Å²) in [6, 6.07) is 6.68. The van der Waals surface area contributed by atoms with Crippen molar-refractivity contribution in [1.82, 2.24) is 0 Å².